The predicted octanol–water partition coefficient (Wildman–Crippen LogP) is 12.6. The van der Waals surface area contributed by atoms with Crippen LogP contribution in [0.1, 0.15) is 0 Å². The number of hydrogen-bond donors (Lipinski definition) is 0. The van der Waals surface area contributed by atoms with Crippen LogP contribution >= 0.6 is 0 Å². The van der Waals surface area contributed by atoms with E-state index in [0.29, 0.717) is 0 Å². The van der Waals surface area contributed by atoms with Crippen molar-refractivity contribution in [1.82, 2.24) is 9.13 Å². The first-order chi connectivity index (χ1) is 24.3. The first kappa shape index (κ1) is 26.5. The van der Waals surface area contributed by atoms with Gasteiger partial charge < -0.3 is 13.6 Å². The molecule has 3 nitrogen and oxygen atoms in total. The van der Waals surface area contributed by atoms with Crippen molar-refractivity contribution in [3.8, 4) is 22.5 Å². The average Bonchev–Trinajstić information content (AvgIpc) is 3.82. The number of furan rings is 1. The number of nitrogens with zero attached hydrogens (tertiary/aromatic N) is 2. The Hall–Kier alpha value is -6.58. The molecule has 3 heterocycles. The summed E-state index contributed by atoms with van der Waals surface area (Å²) in [7, 11) is 0. The molecule has 0 aliphatic carbocycles. The number of aromatic nitrogens is 2. The van der Waals surface area contributed by atoms with Crippen molar-refractivity contribution >= 4 is 76.3 Å². The monoisotopic (exact) mass is 624 g/mol. The summed E-state index contributed by atoms with van der Waals surface area (Å²) in [5.41, 5.74) is 11.3. The molecule has 49 heavy (non-hydrogen) atoms. The van der Waals surface area contributed by atoms with Gasteiger partial charge in [0.1, 0.15) is 11.2 Å². The summed E-state index contributed by atoms with van der Waals surface area (Å²) in [5.74, 6) is 0. The molecular formula is C46H28N2O. The maximum Gasteiger partial charge on any atom is 0.135 e. The lowest BCUT2D eigenvalue weighted by molar-refractivity contribution is 0.669. The van der Waals surface area contributed by atoms with E-state index >= 15 is 0 Å². The molecule has 0 atom stereocenters. The molecule has 8 aromatic carbocycles. The lowest BCUT2D eigenvalue weighted by Crippen LogP contribution is -1.95. The maximum absolute atomic E-state index is 6.23. The second kappa shape index (κ2) is 9.96. The van der Waals surface area contributed by atoms with E-state index < -0.39 is 0 Å². The molecule has 3 heteroatoms. The SMILES string of the molecule is c1ccc2c(-c3ccc(-n4c5ccccc5c5c4ccc4c6ccccc6n(-c6ccc7oc8ccccc8c7c6)c45)cc3)cccc2c1. The van der Waals surface area contributed by atoms with E-state index in [9.17, 15) is 0 Å². The van der Waals surface area contributed by atoms with E-state index in [1.54, 1.807) is 0 Å². The first-order valence-electron chi connectivity index (χ1n) is 16.8. The highest BCUT2D eigenvalue weighted by atomic mass is 16.3. The van der Waals surface area contributed by atoms with Gasteiger partial charge in [0.25, 0.3) is 0 Å². The molecule has 228 valence electrons. The van der Waals surface area contributed by atoms with Crippen LogP contribution in [0.2, 0.25) is 0 Å². The molecular weight excluding hydrogens is 597 g/mol. The van der Waals surface area contributed by atoms with Gasteiger partial charge in [-0.05, 0) is 76.5 Å². The molecule has 11 aromatic rings. The summed E-state index contributed by atoms with van der Waals surface area (Å²) in [6, 6.07) is 61.3. The van der Waals surface area contributed by atoms with Gasteiger partial charge in [-0.15, -0.1) is 0 Å². The van der Waals surface area contributed by atoms with Crippen molar-refractivity contribution in [3.63, 3.8) is 0 Å². The lowest BCUT2D eigenvalue weighted by Gasteiger charge is -2.11. The smallest absolute Gasteiger partial charge is 0.135 e. The molecule has 0 bridgehead atoms. The Morgan fingerprint density at radius 1 is 0.367 bits per heavy atom. The molecule has 0 saturated carbocycles. The van der Waals surface area contributed by atoms with Gasteiger partial charge in [-0.3, -0.25) is 0 Å². The van der Waals surface area contributed by atoms with Crippen molar-refractivity contribution in [2.75, 3.05) is 0 Å². The van der Waals surface area contributed by atoms with Gasteiger partial charge in [0.05, 0.1) is 22.1 Å². The van der Waals surface area contributed by atoms with Gasteiger partial charge in [-0.1, -0.05) is 115 Å². The Kier molecular flexibility index (Phi) is 5.38. The third-order valence-corrected chi connectivity index (χ3v) is 10.3. The van der Waals surface area contributed by atoms with Gasteiger partial charge in [-0.25, -0.2) is 0 Å². The van der Waals surface area contributed by atoms with E-state index in [4.69, 9.17) is 4.42 Å². The third kappa shape index (κ3) is 3.73. The van der Waals surface area contributed by atoms with Crippen LogP contribution < -0.4 is 0 Å². The fourth-order valence-electron chi connectivity index (χ4n) is 8.18. The van der Waals surface area contributed by atoms with Crippen LogP contribution in [0.5, 0.6) is 0 Å². The van der Waals surface area contributed by atoms with Crippen molar-refractivity contribution in [2.24, 2.45) is 0 Å². The topological polar surface area (TPSA) is 23.0 Å². The van der Waals surface area contributed by atoms with Crippen LogP contribution in [0, 0.1) is 0 Å². The Morgan fingerprint density at radius 2 is 1.02 bits per heavy atom. The van der Waals surface area contributed by atoms with Crippen LogP contribution in [0.3, 0.4) is 0 Å². The molecule has 0 aliphatic heterocycles. The summed E-state index contributed by atoms with van der Waals surface area (Å²) in [6.07, 6.45) is 0. The minimum Gasteiger partial charge on any atom is -0.456 e. The second-order valence-corrected chi connectivity index (χ2v) is 12.9. The first-order valence-corrected chi connectivity index (χ1v) is 16.8. The summed E-state index contributed by atoms with van der Waals surface area (Å²) in [4.78, 5) is 0. The molecule has 0 spiro atoms. The largest absolute Gasteiger partial charge is 0.456 e. The molecule has 3 aromatic heterocycles. The van der Waals surface area contributed by atoms with Crippen molar-refractivity contribution < 1.29 is 4.42 Å². The molecule has 0 N–H and O–H groups in total. The van der Waals surface area contributed by atoms with Crippen LogP contribution in [-0.2, 0) is 0 Å². The molecule has 0 radical (unpaired) electrons. The molecule has 0 fully saturated rings. The van der Waals surface area contributed by atoms with Gasteiger partial charge in [0.15, 0.2) is 0 Å². The highest BCUT2D eigenvalue weighted by molar-refractivity contribution is 6.26. The number of hydrogen-bond acceptors (Lipinski definition) is 1. The van der Waals surface area contributed by atoms with Crippen LogP contribution in [-0.4, -0.2) is 9.13 Å². The maximum atomic E-state index is 6.23. The van der Waals surface area contributed by atoms with Gasteiger partial charge in [-0.2, -0.15) is 0 Å². The van der Waals surface area contributed by atoms with E-state index in [1.165, 1.54) is 65.5 Å². The molecule has 0 saturated heterocycles. The third-order valence-electron chi connectivity index (χ3n) is 10.3. The fraction of sp³-hybridized carbons (Fsp3) is 0. The second-order valence-electron chi connectivity index (χ2n) is 12.9. The summed E-state index contributed by atoms with van der Waals surface area (Å²) in [5, 5.41) is 9.76. The van der Waals surface area contributed by atoms with Crippen LogP contribution in [0.15, 0.2) is 174 Å². The number of fused-ring (bicyclic) bond motifs is 11. The Bertz CT molecular complexity index is 3090. The highest BCUT2D eigenvalue weighted by Crippen LogP contribution is 2.43. The van der Waals surface area contributed by atoms with E-state index in [2.05, 4.69) is 167 Å². The highest BCUT2D eigenvalue weighted by Gasteiger charge is 2.21. The van der Waals surface area contributed by atoms with E-state index in [0.717, 1.165) is 33.3 Å². The molecule has 0 unspecified atom stereocenters. The zero-order chi connectivity index (χ0) is 32.1. The summed E-state index contributed by atoms with van der Waals surface area (Å²) >= 11 is 0. The Balaban J connectivity index is 1.19. The van der Waals surface area contributed by atoms with Crippen LogP contribution in [0.4, 0.5) is 0 Å². The van der Waals surface area contributed by atoms with Crippen LogP contribution in [0.25, 0.3) is 98.8 Å². The van der Waals surface area contributed by atoms with Gasteiger partial charge >= 0.3 is 0 Å². The Labute approximate surface area is 281 Å². The Morgan fingerprint density at radius 3 is 1.88 bits per heavy atom. The average molecular weight is 625 g/mol. The minimum absolute atomic E-state index is 0.902. The van der Waals surface area contributed by atoms with Crippen molar-refractivity contribution in [1.29, 1.82) is 0 Å². The summed E-state index contributed by atoms with van der Waals surface area (Å²) < 4.78 is 11.1. The van der Waals surface area contributed by atoms with Gasteiger partial charge in [0.2, 0.25) is 0 Å². The van der Waals surface area contributed by atoms with Gasteiger partial charge in [0, 0.05) is 43.7 Å². The number of benzene rings is 8. The predicted molar refractivity (Wildman–Crippen MR) is 205 cm³/mol. The standard InChI is InChI=1S/C46H28N2O/c1-2-12-33-29(10-1)11-9-16-34(33)30-20-22-31(23-21-30)47-41-18-7-4-15-38(41)45-42(47)26-25-37-35-13-3-6-17-40(35)48(46(37)45)32-24-27-44-39(28-32)36-14-5-8-19-43(36)49-44/h1-28H. The number of rotatable bonds is 3. The lowest BCUT2D eigenvalue weighted by atomic mass is 9.98. The zero-order valence-corrected chi connectivity index (χ0v) is 26.5. The van der Waals surface area contributed by atoms with Crippen molar-refractivity contribution in [2.45, 2.75) is 0 Å². The molecule has 0 aliphatic rings. The minimum atomic E-state index is 0.902. The van der Waals surface area contributed by atoms with Crippen molar-refractivity contribution in [3.05, 3.63) is 170 Å². The molecule has 11 rings (SSSR count). The van der Waals surface area contributed by atoms with E-state index in [-0.39, 0.29) is 0 Å². The summed E-state index contributed by atoms with van der Waals surface area (Å²) in [6.45, 7) is 0. The quantitative estimate of drug-likeness (QED) is 0.192. The van der Waals surface area contributed by atoms with E-state index in [1.807, 2.05) is 12.1 Å². The normalized spacial score (nSPS) is 12.1. The molecule has 0 amide bonds. The number of para-hydroxylation sites is 3. The zero-order valence-electron chi connectivity index (χ0n) is 26.5. The fourth-order valence-corrected chi connectivity index (χ4v) is 8.18.